The topological polar surface area (TPSA) is 64.8 Å². The average molecular weight is 383 g/mol. The molecule has 1 amide bonds. The number of nitrogens with zero attached hydrogens (tertiary/aromatic N) is 1. The van der Waals surface area contributed by atoms with Crippen molar-refractivity contribution >= 4 is 18.3 Å². The second-order valence-corrected chi connectivity index (χ2v) is 7.77. The minimum atomic E-state index is 0. The first-order valence-corrected chi connectivity index (χ1v) is 9.35. The van der Waals surface area contributed by atoms with Gasteiger partial charge in [0.15, 0.2) is 11.5 Å². The first-order valence-electron chi connectivity index (χ1n) is 9.35. The van der Waals surface area contributed by atoms with Crippen molar-refractivity contribution in [1.29, 1.82) is 0 Å². The molecule has 1 aromatic rings. The normalized spacial score (nSPS) is 24.3. The molecule has 5 nitrogen and oxygen atoms in total. The fraction of sp³-hybridized carbons (Fsp3) is 0.650. The van der Waals surface area contributed by atoms with Crippen molar-refractivity contribution in [2.45, 2.75) is 39.2 Å². The number of carbonyl (C=O) groups excluding carboxylic acids is 1. The second kappa shape index (κ2) is 8.96. The molecule has 1 saturated carbocycles. The minimum Gasteiger partial charge on any atom is -0.493 e. The maximum atomic E-state index is 12.9. The van der Waals surface area contributed by atoms with Crippen molar-refractivity contribution in [1.82, 2.24) is 4.90 Å². The molecule has 3 rings (SSSR count). The predicted molar refractivity (Wildman–Crippen MR) is 105 cm³/mol. The number of hydrogen-bond donors (Lipinski definition) is 1. The van der Waals surface area contributed by atoms with Crippen molar-refractivity contribution in [3.05, 3.63) is 23.8 Å². The smallest absolute Gasteiger partial charge is 0.254 e. The summed E-state index contributed by atoms with van der Waals surface area (Å²) < 4.78 is 11.2. The van der Waals surface area contributed by atoms with Gasteiger partial charge in [-0.1, -0.05) is 13.8 Å². The Morgan fingerprint density at radius 1 is 1.27 bits per heavy atom. The Morgan fingerprint density at radius 2 is 2.04 bits per heavy atom. The molecule has 2 fully saturated rings. The van der Waals surface area contributed by atoms with Crippen molar-refractivity contribution in [2.75, 3.05) is 26.8 Å². The van der Waals surface area contributed by atoms with Crippen LogP contribution in [0, 0.1) is 17.8 Å². The number of ether oxygens (including phenoxy) is 2. The zero-order valence-electron chi connectivity index (χ0n) is 15.9. The number of fused-ring (bicyclic) bond motifs is 1. The van der Waals surface area contributed by atoms with E-state index in [0.717, 1.165) is 32.4 Å². The number of hydrogen-bond acceptors (Lipinski definition) is 4. The molecule has 0 radical (unpaired) electrons. The summed E-state index contributed by atoms with van der Waals surface area (Å²) in [7, 11) is 1.61. The van der Waals surface area contributed by atoms with E-state index in [1.165, 1.54) is 0 Å². The summed E-state index contributed by atoms with van der Waals surface area (Å²) in [5.41, 5.74) is 6.83. The Kier molecular flexibility index (Phi) is 7.18. The predicted octanol–water partition coefficient (Wildman–Crippen LogP) is 3.35. The molecule has 2 aliphatic rings. The van der Waals surface area contributed by atoms with Gasteiger partial charge in [-0.25, -0.2) is 0 Å². The van der Waals surface area contributed by atoms with Gasteiger partial charge in [0.05, 0.1) is 13.7 Å². The Morgan fingerprint density at radius 3 is 2.69 bits per heavy atom. The highest BCUT2D eigenvalue weighted by atomic mass is 35.5. The van der Waals surface area contributed by atoms with Gasteiger partial charge in [0.2, 0.25) is 0 Å². The summed E-state index contributed by atoms with van der Waals surface area (Å²) in [5.74, 6) is 3.00. The Balaban J connectivity index is 0.00000243. The Hall–Kier alpha value is -1.46. The van der Waals surface area contributed by atoms with Gasteiger partial charge in [0.1, 0.15) is 0 Å². The van der Waals surface area contributed by atoms with Crippen molar-refractivity contribution in [3.8, 4) is 11.5 Å². The monoisotopic (exact) mass is 382 g/mol. The van der Waals surface area contributed by atoms with Gasteiger partial charge in [0, 0.05) is 24.7 Å². The molecule has 3 unspecified atom stereocenters. The SMILES string of the molecule is COc1cc(C(=O)N2CC3CCC(N)C3C2)ccc1OCCC(C)C.Cl. The molecule has 146 valence electrons. The van der Waals surface area contributed by atoms with Crippen LogP contribution in [0.25, 0.3) is 0 Å². The summed E-state index contributed by atoms with van der Waals surface area (Å²) in [5, 5.41) is 0. The average Bonchev–Trinajstić information content (AvgIpc) is 3.16. The van der Waals surface area contributed by atoms with E-state index in [1.807, 2.05) is 17.0 Å². The lowest BCUT2D eigenvalue weighted by atomic mass is 9.98. The highest BCUT2D eigenvalue weighted by Gasteiger charge is 2.42. The molecule has 0 bridgehead atoms. The molecule has 6 heteroatoms. The van der Waals surface area contributed by atoms with Gasteiger partial charge in [-0.3, -0.25) is 4.79 Å². The third-order valence-corrected chi connectivity index (χ3v) is 5.56. The van der Waals surface area contributed by atoms with Gasteiger partial charge >= 0.3 is 0 Å². The zero-order valence-corrected chi connectivity index (χ0v) is 16.8. The van der Waals surface area contributed by atoms with Crippen molar-refractivity contribution in [2.24, 2.45) is 23.5 Å². The van der Waals surface area contributed by atoms with Gasteiger partial charge < -0.3 is 20.1 Å². The third-order valence-electron chi connectivity index (χ3n) is 5.56. The van der Waals surface area contributed by atoms with Crippen LogP contribution in [0.3, 0.4) is 0 Å². The number of rotatable bonds is 6. The van der Waals surface area contributed by atoms with E-state index in [2.05, 4.69) is 13.8 Å². The number of nitrogens with two attached hydrogens (primary N) is 1. The highest BCUT2D eigenvalue weighted by molar-refractivity contribution is 5.95. The standard InChI is InChI=1S/C20H30N2O3.ClH/c1-13(2)8-9-25-18-7-5-14(10-19(18)24-3)20(23)22-11-15-4-6-17(21)16(15)12-22;/h5,7,10,13,15-17H,4,6,8-9,11-12,21H2,1-3H3;1H. The molecular formula is C20H31ClN2O3. The molecule has 1 aliphatic heterocycles. The number of amides is 1. The number of benzene rings is 1. The fourth-order valence-electron chi connectivity index (χ4n) is 3.98. The van der Waals surface area contributed by atoms with E-state index < -0.39 is 0 Å². The Labute approximate surface area is 162 Å². The van der Waals surface area contributed by atoms with E-state index in [1.54, 1.807) is 13.2 Å². The van der Waals surface area contributed by atoms with E-state index >= 15 is 0 Å². The van der Waals surface area contributed by atoms with Crippen LogP contribution in [-0.4, -0.2) is 43.7 Å². The van der Waals surface area contributed by atoms with E-state index in [0.29, 0.717) is 41.4 Å². The molecule has 0 aromatic heterocycles. The molecule has 0 spiro atoms. The summed E-state index contributed by atoms with van der Waals surface area (Å²) >= 11 is 0. The van der Waals surface area contributed by atoms with Gasteiger partial charge in [0.25, 0.3) is 5.91 Å². The van der Waals surface area contributed by atoms with Crippen LogP contribution in [0.4, 0.5) is 0 Å². The van der Waals surface area contributed by atoms with E-state index in [4.69, 9.17) is 15.2 Å². The second-order valence-electron chi connectivity index (χ2n) is 7.77. The molecule has 26 heavy (non-hydrogen) atoms. The van der Waals surface area contributed by atoms with Crippen molar-refractivity contribution < 1.29 is 14.3 Å². The largest absolute Gasteiger partial charge is 0.493 e. The minimum absolute atomic E-state index is 0. The van der Waals surface area contributed by atoms with E-state index in [-0.39, 0.29) is 24.4 Å². The number of methoxy groups -OCH3 is 1. The van der Waals surface area contributed by atoms with Crippen LogP contribution in [0.1, 0.15) is 43.5 Å². The quantitative estimate of drug-likeness (QED) is 0.819. The highest BCUT2D eigenvalue weighted by Crippen LogP contribution is 2.38. The lowest BCUT2D eigenvalue weighted by Gasteiger charge is -2.20. The summed E-state index contributed by atoms with van der Waals surface area (Å²) in [4.78, 5) is 14.8. The number of carbonyl (C=O) groups is 1. The summed E-state index contributed by atoms with van der Waals surface area (Å²) in [6.07, 6.45) is 3.22. The molecular weight excluding hydrogens is 352 g/mol. The van der Waals surface area contributed by atoms with Gasteiger partial charge in [-0.05, 0) is 55.2 Å². The van der Waals surface area contributed by atoms with Crippen LogP contribution < -0.4 is 15.2 Å². The molecule has 2 N–H and O–H groups in total. The van der Waals surface area contributed by atoms with E-state index in [9.17, 15) is 4.79 Å². The van der Waals surface area contributed by atoms with Crippen LogP contribution in [0.2, 0.25) is 0 Å². The fourth-order valence-corrected chi connectivity index (χ4v) is 3.98. The lowest BCUT2D eigenvalue weighted by molar-refractivity contribution is 0.0779. The number of halogens is 1. The number of likely N-dealkylation sites (tertiary alicyclic amines) is 1. The van der Waals surface area contributed by atoms with Gasteiger partial charge in [-0.15, -0.1) is 12.4 Å². The maximum Gasteiger partial charge on any atom is 0.254 e. The Bertz CT molecular complexity index is 623. The third kappa shape index (κ3) is 4.44. The summed E-state index contributed by atoms with van der Waals surface area (Å²) in [6.45, 7) is 6.58. The molecule has 1 heterocycles. The van der Waals surface area contributed by atoms with Gasteiger partial charge in [-0.2, -0.15) is 0 Å². The van der Waals surface area contributed by atoms with Crippen LogP contribution in [0.5, 0.6) is 11.5 Å². The van der Waals surface area contributed by atoms with Crippen LogP contribution >= 0.6 is 12.4 Å². The van der Waals surface area contributed by atoms with Crippen LogP contribution in [-0.2, 0) is 0 Å². The lowest BCUT2D eigenvalue weighted by Crippen LogP contribution is -2.33. The maximum absolute atomic E-state index is 12.9. The van der Waals surface area contributed by atoms with Crippen LogP contribution in [0.15, 0.2) is 18.2 Å². The first kappa shape index (κ1) is 20.8. The molecule has 1 aromatic carbocycles. The summed E-state index contributed by atoms with van der Waals surface area (Å²) in [6, 6.07) is 5.72. The van der Waals surface area contributed by atoms with Crippen molar-refractivity contribution in [3.63, 3.8) is 0 Å². The zero-order chi connectivity index (χ0) is 18.0. The molecule has 1 aliphatic carbocycles. The molecule has 3 atom stereocenters. The first-order chi connectivity index (χ1) is 12.0. The molecule has 1 saturated heterocycles.